The van der Waals surface area contributed by atoms with Gasteiger partial charge in [-0.2, -0.15) is 0 Å². The van der Waals surface area contributed by atoms with E-state index >= 15 is 0 Å². The molecule has 0 saturated carbocycles. The molecule has 1 heterocycles. The van der Waals surface area contributed by atoms with E-state index in [-0.39, 0.29) is 0 Å². The van der Waals surface area contributed by atoms with Crippen LogP contribution in [-0.2, 0) is 28.8 Å². The number of hydrogen-bond acceptors (Lipinski definition) is 7. The molecule has 1 aliphatic rings. The lowest BCUT2D eigenvalue weighted by molar-refractivity contribution is 0.337. The average molecular weight is 351 g/mol. The summed E-state index contributed by atoms with van der Waals surface area (Å²) in [5.74, 6) is 0. The van der Waals surface area contributed by atoms with Crippen molar-refractivity contribution in [1.29, 1.82) is 0 Å². The minimum atomic E-state index is -1.49. The third-order valence-electron chi connectivity index (χ3n) is 1.67. The first-order valence-corrected chi connectivity index (χ1v) is 13.7. The fourth-order valence-electron chi connectivity index (χ4n) is 0.938. The molecule has 0 aliphatic carbocycles. The summed E-state index contributed by atoms with van der Waals surface area (Å²) in [5.41, 5.74) is 0. The molecule has 1 saturated heterocycles. The minimum Gasteiger partial charge on any atom is -0.425 e. The van der Waals surface area contributed by atoms with Gasteiger partial charge in [0.05, 0.1) is 0 Å². The lowest BCUT2D eigenvalue weighted by Gasteiger charge is -2.16. The van der Waals surface area contributed by atoms with Crippen molar-refractivity contribution in [3.63, 3.8) is 0 Å². The molecule has 0 atom stereocenters. The fraction of sp³-hybridized carbons (Fsp3) is 1.00. The van der Waals surface area contributed by atoms with Gasteiger partial charge in [-0.25, -0.2) is 0 Å². The molecule has 0 aromatic heterocycles. The highest BCUT2D eigenvalue weighted by Gasteiger charge is 2.10. The average Bonchev–Trinajstić information content (AvgIpc) is 2.32. The molecular formula is C2H18O7Si7. The van der Waals surface area contributed by atoms with Gasteiger partial charge in [0.15, 0.2) is 0 Å². The van der Waals surface area contributed by atoms with E-state index in [4.69, 9.17) is 28.8 Å². The van der Waals surface area contributed by atoms with Gasteiger partial charge in [-0.05, 0) is 6.04 Å². The Bertz CT molecular complexity index is 148. The van der Waals surface area contributed by atoms with Gasteiger partial charge in [0.25, 0.3) is 60.0 Å². The molecule has 7 nitrogen and oxygen atoms in total. The third-order valence-corrected chi connectivity index (χ3v) is 13.1. The summed E-state index contributed by atoms with van der Waals surface area (Å²) in [6.07, 6.45) is 0. The second-order valence-corrected chi connectivity index (χ2v) is 16.8. The van der Waals surface area contributed by atoms with Crippen LogP contribution in [0.5, 0.6) is 0 Å². The molecule has 1 aliphatic heterocycles. The molecule has 96 valence electrons. The fourth-order valence-corrected chi connectivity index (χ4v) is 15.3. The lowest BCUT2D eigenvalue weighted by Crippen LogP contribution is -2.30. The molecule has 0 amide bonds. The van der Waals surface area contributed by atoms with Gasteiger partial charge < -0.3 is 28.8 Å². The summed E-state index contributed by atoms with van der Waals surface area (Å²) in [7, 11) is -6.71. The summed E-state index contributed by atoms with van der Waals surface area (Å²) in [4.78, 5) is 0. The first-order valence-electron chi connectivity index (χ1n) is 5.05. The van der Waals surface area contributed by atoms with Gasteiger partial charge in [0.1, 0.15) is 0 Å². The van der Waals surface area contributed by atoms with Crippen LogP contribution in [0.4, 0.5) is 0 Å². The van der Waals surface area contributed by atoms with Crippen molar-refractivity contribution in [3.8, 4) is 0 Å². The lowest BCUT2D eigenvalue weighted by atomic mass is 11.0. The summed E-state index contributed by atoms with van der Waals surface area (Å²) in [6.45, 7) is 2.08. The zero-order valence-corrected chi connectivity index (χ0v) is 19.0. The van der Waals surface area contributed by atoms with Crippen molar-refractivity contribution >= 4 is 69.3 Å². The van der Waals surface area contributed by atoms with Crippen LogP contribution in [0.1, 0.15) is 6.92 Å². The zero-order chi connectivity index (χ0) is 11.5. The molecule has 1 rings (SSSR count). The van der Waals surface area contributed by atoms with Crippen LogP contribution >= 0.6 is 0 Å². The van der Waals surface area contributed by atoms with E-state index in [1.54, 1.807) is 0 Å². The van der Waals surface area contributed by atoms with Gasteiger partial charge in [0, 0.05) is 0 Å². The van der Waals surface area contributed by atoms with Crippen molar-refractivity contribution in [2.45, 2.75) is 13.0 Å². The van der Waals surface area contributed by atoms with Crippen molar-refractivity contribution in [2.24, 2.45) is 0 Å². The van der Waals surface area contributed by atoms with E-state index in [0.29, 0.717) is 0 Å². The standard InChI is InChI=1S/C2H18O7Si7/c1-2-16-8-14-6-12-4-10-3-11-5-13-7-15-9-16/h16H,2,10-15H2,1H3. The van der Waals surface area contributed by atoms with Crippen LogP contribution in [0.3, 0.4) is 0 Å². The van der Waals surface area contributed by atoms with E-state index in [9.17, 15) is 0 Å². The van der Waals surface area contributed by atoms with Gasteiger partial charge in [-0.3, -0.25) is 0 Å². The minimum absolute atomic E-state index is 0.853. The molecule has 0 aromatic rings. The predicted octanol–water partition coefficient (Wildman–Crippen LogP) is -5.65. The summed E-state index contributed by atoms with van der Waals surface area (Å²) >= 11 is 0. The highest BCUT2D eigenvalue weighted by Crippen LogP contribution is 1.95. The molecule has 0 bridgehead atoms. The highest BCUT2D eigenvalue weighted by atomic mass is 28.4. The number of hydrogen-bond donors (Lipinski definition) is 0. The Morgan fingerprint density at radius 3 is 1.44 bits per heavy atom. The first-order chi connectivity index (χ1) is 7.93. The number of rotatable bonds is 1. The van der Waals surface area contributed by atoms with Crippen molar-refractivity contribution < 1.29 is 28.8 Å². The van der Waals surface area contributed by atoms with Gasteiger partial charge in [-0.15, -0.1) is 0 Å². The largest absolute Gasteiger partial charge is 0.425 e. The summed E-state index contributed by atoms with van der Waals surface area (Å²) in [5, 5.41) is 0. The van der Waals surface area contributed by atoms with Gasteiger partial charge in [-0.1, -0.05) is 6.92 Å². The Labute approximate surface area is 111 Å². The molecule has 0 radical (unpaired) electrons. The van der Waals surface area contributed by atoms with Crippen molar-refractivity contribution in [1.82, 2.24) is 0 Å². The van der Waals surface area contributed by atoms with Crippen LogP contribution in [0, 0.1) is 0 Å². The molecule has 1 fully saturated rings. The molecule has 16 heavy (non-hydrogen) atoms. The Morgan fingerprint density at radius 1 is 0.688 bits per heavy atom. The quantitative estimate of drug-likeness (QED) is 0.437. The molecule has 0 N–H and O–H groups in total. The zero-order valence-electron chi connectivity index (χ0n) is 9.38. The van der Waals surface area contributed by atoms with Crippen molar-refractivity contribution in [3.05, 3.63) is 0 Å². The van der Waals surface area contributed by atoms with Crippen LogP contribution in [0.25, 0.3) is 0 Å². The maximum absolute atomic E-state index is 5.64. The predicted molar refractivity (Wildman–Crippen MR) is 76.5 cm³/mol. The summed E-state index contributed by atoms with van der Waals surface area (Å²) < 4.78 is 38.1. The Kier molecular flexibility index (Phi) is 10.8. The highest BCUT2D eigenvalue weighted by molar-refractivity contribution is 6.58. The van der Waals surface area contributed by atoms with Crippen LogP contribution in [0.2, 0.25) is 6.04 Å². The molecule has 0 unspecified atom stereocenters. The van der Waals surface area contributed by atoms with Gasteiger partial charge >= 0.3 is 9.28 Å². The van der Waals surface area contributed by atoms with Crippen LogP contribution < -0.4 is 0 Å². The first kappa shape index (κ1) is 15.3. The van der Waals surface area contributed by atoms with Crippen LogP contribution in [0.15, 0.2) is 0 Å². The Morgan fingerprint density at radius 2 is 1.06 bits per heavy atom. The maximum atomic E-state index is 5.64. The molecule has 0 aromatic carbocycles. The maximum Gasteiger partial charge on any atom is 0.302 e. The van der Waals surface area contributed by atoms with E-state index in [1.165, 1.54) is 0 Å². The third kappa shape index (κ3) is 8.35. The summed E-state index contributed by atoms with van der Waals surface area (Å²) in [6, 6.07) is 0.962. The SMILES string of the molecule is CC[SiH]1O[SiH2]O[SiH2]O[SiH2]O[SiH2]O[SiH2]O[SiH2]O1. The van der Waals surface area contributed by atoms with E-state index < -0.39 is 69.3 Å². The normalized spacial score (nSPS) is 36.2. The second kappa shape index (κ2) is 11.3. The topological polar surface area (TPSA) is 64.6 Å². The molecule has 14 heteroatoms. The monoisotopic (exact) mass is 350 g/mol. The Balaban J connectivity index is 2.16. The Hall–Kier alpha value is 1.24. The smallest absolute Gasteiger partial charge is 0.302 e. The van der Waals surface area contributed by atoms with Crippen LogP contribution in [-0.4, -0.2) is 69.3 Å². The van der Waals surface area contributed by atoms with Gasteiger partial charge in [0.2, 0.25) is 0 Å². The molecule has 0 spiro atoms. The van der Waals surface area contributed by atoms with E-state index in [2.05, 4.69) is 6.92 Å². The second-order valence-electron chi connectivity index (χ2n) is 2.90. The molecular weight excluding hydrogens is 333 g/mol. The van der Waals surface area contributed by atoms with Crippen molar-refractivity contribution in [2.75, 3.05) is 0 Å². The van der Waals surface area contributed by atoms with E-state index in [1.807, 2.05) is 0 Å². The van der Waals surface area contributed by atoms with E-state index in [0.717, 1.165) is 6.04 Å².